The highest BCUT2D eigenvalue weighted by atomic mass is 16.4. The maximum atomic E-state index is 12.7. The number of rotatable bonds is 8. The third kappa shape index (κ3) is 5.73. The fraction of sp³-hybridized carbons (Fsp3) is 0.250. The minimum atomic E-state index is -1.11. The van der Waals surface area contributed by atoms with E-state index in [4.69, 9.17) is 5.11 Å². The third-order valence-corrected chi connectivity index (χ3v) is 3.95. The lowest BCUT2D eigenvalue weighted by Gasteiger charge is -2.26. The van der Waals surface area contributed by atoms with Gasteiger partial charge in [-0.2, -0.15) is 0 Å². The summed E-state index contributed by atoms with van der Waals surface area (Å²) >= 11 is 0. The molecule has 0 aliphatic rings. The number of benzene rings is 2. The van der Waals surface area contributed by atoms with E-state index in [0.717, 1.165) is 5.56 Å². The summed E-state index contributed by atoms with van der Waals surface area (Å²) in [7, 11) is 0. The predicted octanol–water partition coefficient (Wildman–Crippen LogP) is 2.20. The molecule has 136 valence electrons. The Balaban J connectivity index is 2.08. The summed E-state index contributed by atoms with van der Waals surface area (Å²) in [6, 6.07) is 18.3. The van der Waals surface area contributed by atoms with Crippen molar-refractivity contribution in [2.45, 2.75) is 13.3 Å². The molecule has 0 aliphatic carbocycles. The molecule has 0 bridgehead atoms. The molecule has 26 heavy (non-hydrogen) atoms. The Labute approximate surface area is 152 Å². The van der Waals surface area contributed by atoms with Gasteiger partial charge in [-0.3, -0.25) is 19.3 Å². The van der Waals surface area contributed by atoms with Gasteiger partial charge in [0.05, 0.1) is 0 Å². The molecule has 2 aromatic rings. The van der Waals surface area contributed by atoms with Crippen LogP contribution in [0.3, 0.4) is 0 Å². The van der Waals surface area contributed by atoms with Crippen molar-refractivity contribution in [1.82, 2.24) is 4.90 Å². The zero-order valence-corrected chi connectivity index (χ0v) is 14.7. The van der Waals surface area contributed by atoms with E-state index < -0.39 is 18.4 Å². The first-order valence-corrected chi connectivity index (χ1v) is 8.34. The highest BCUT2D eigenvalue weighted by molar-refractivity contribution is 5.99. The molecule has 0 aliphatic heterocycles. The molecule has 0 spiro atoms. The monoisotopic (exact) mass is 354 g/mol. The van der Waals surface area contributed by atoms with Crippen LogP contribution in [0.2, 0.25) is 0 Å². The average Bonchev–Trinajstić information content (AvgIpc) is 2.64. The zero-order chi connectivity index (χ0) is 18.9. The molecule has 2 amide bonds. The summed E-state index contributed by atoms with van der Waals surface area (Å²) in [5, 5.41) is 9.12. The third-order valence-electron chi connectivity index (χ3n) is 3.95. The Bertz CT molecular complexity index is 747. The highest BCUT2D eigenvalue weighted by Gasteiger charge is 2.22. The van der Waals surface area contributed by atoms with Gasteiger partial charge in [0.25, 0.3) is 0 Å². The number of aliphatic carboxylic acids is 1. The molecule has 6 heteroatoms. The molecule has 2 rings (SSSR count). The molecule has 0 radical (unpaired) electrons. The van der Waals surface area contributed by atoms with Crippen molar-refractivity contribution in [3.8, 4) is 0 Å². The second-order valence-electron chi connectivity index (χ2n) is 5.89. The van der Waals surface area contributed by atoms with Crippen LogP contribution in [0.5, 0.6) is 0 Å². The van der Waals surface area contributed by atoms with Crippen LogP contribution in [-0.2, 0) is 20.8 Å². The standard InChI is InChI=1S/C20H22N2O4/c1-16(23)21(13-12-17-8-4-2-5-9-17)14-19(24)22(15-20(25)26)18-10-6-3-7-11-18/h2-11H,12-15H2,1H3,(H,25,26). The Hall–Kier alpha value is -3.15. The van der Waals surface area contributed by atoms with E-state index >= 15 is 0 Å². The zero-order valence-electron chi connectivity index (χ0n) is 14.7. The Morgan fingerprint density at radius 1 is 0.885 bits per heavy atom. The molecule has 0 saturated carbocycles. The molecule has 1 N–H and O–H groups in total. The fourth-order valence-electron chi connectivity index (χ4n) is 2.57. The molecule has 0 atom stereocenters. The largest absolute Gasteiger partial charge is 0.480 e. The van der Waals surface area contributed by atoms with E-state index in [1.807, 2.05) is 30.3 Å². The minimum Gasteiger partial charge on any atom is -0.480 e. The first kappa shape index (κ1) is 19.2. The summed E-state index contributed by atoms with van der Waals surface area (Å²) in [4.78, 5) is 38.4. The number of nitrogens with zero attached hydrogens (tertiary/aromatic N) is 2. The van der Waals surface area contributed by atoms with E-state index in [0.29, 0.717) is 18.7 Å². The van der Waals surface area contributed by atoms with Crippen molar-refractivity contribution < 1.29 is 19.5 Å². The maximum Gasteiger partial charge on any atom is 0.323 e. The molecule has 2 aromatic carbocycles. The Kier molecular flexibility index (Phi) is 6.91. The summed E-state index contributed by atoms with van der Waals surface area (Å²) < 4.78 is 0. The lowest BCUT2D eigenvalue weighted by atomic mass is 10.1. The first-order valence-electron chi connectivity index (χ1n) is 8.34. The van der Waals surface area contributed by atoms with Gasteiger partial charge < -0.3 is 10.0 Å². The fourth-order valence-corrected chi connectivity index (χ4v) is 2.57. The average molecular weight is 354 g/mol. The van der Waals surface area contributed by atoms with Crippen LogP contribution in [0.15, 0.2) is 60.7 Å². The topological polar surface area (TPSA) is 77.9 Å². The smallest absolute Gasteiger partial charge is 0.323 e. The number of para-hydroxylation sites is 1. The molecule has 0 fully saturated rings. The van der Waals surface area contributed by atoms with Gasteiger partial charge in [-0.15, -0.1) is 0 Å². The Morgan fingerprint density at radius 3 is 2.00 bits per heavy atom. The summed E-state index contributed by atoms with van der Waals surface area (Å²) in [6.45, 7) is 1.18. The number of hydrogen-bond donors (Lipinski definition) is 1. The number of carbonyl (C=O) groups excluding carboxylic acids is 2. The summed E-state index contributed by atoms with van der Waals surface area (Å²) in [5.41, 5.74) is 1.56. The minimum absolute atomic E-state index is 0.162. The lowest BCUT2D eigenvalue weighted by molar-refractivity contribution is -0.137. The van der Waals surface area contributed by atoms with E-state index in [1.165, 1.54) is 16.7 Å². The number of carboxylic acid groups (broad SMARTS) is 1. The van der Waals surface area contributed by atoms with Crippen LogP contribution >= 0.6 is 0 Å². The van der Waals surface area contributed by atoms with Gasteiger partial charge in [-0.1, -0.05) is 48.5 Å². The van der Waals surface area contributed by atoms with Crippen molar-refractivity contribution in [2.24, 2.45) is 0 Å². The van der Waals surface area contributed by atoms with Gasteiger partial charge >= 0.3 is 5.97 Å². The van der Waals surface area contributed by atoms with Crippen LogP contribution in [-0.4, -0.2) is 47.4 Å². The molecule has 0 saturated heterocycles. The quantitative estimate of drug-likeness (QED) is 0.788. The number of amides is 2. The van der Waals surface area contributed by atoms with Gasteiger partial charge in [0.15, 0.2) is 0 Å². The van der Waals surface area contributed by atoms with Crippen molar-refractivity contribution >= 4 is 23.5 Å². The lowest BCUT2D eigenvalue weighted by Crippen LogP contribution is -2.45. The number of anilines is 1. The SMILES string of the molecule is CC(=O)N(CCc1ccccc1)CC(=O)N(CC(=O)O)c1ccccc1. The van der Waals surface area contributed by atoms with Gasteiger partial charge in [0.1, 0.15) is 13.1 Å². The first-order chi connectivity index (χ1) is 12.5. The van der Waals surface area contributed by atoms with E-state index in [2.05, 4.69) is 0 Å². The van der Waals surface area contributed by atoms with Gasteiger partial charge in [0.2, 0.25) is 11.8 Å². The molecular weight excluding hydrogens is 332 g/mol. The van der Waals surface area contributed by atoms with Crippen LogP contribution in [0, 0.1) is 0 Å². The molecule has 0 aromatic heterocycles. The Morgan fingerprint density at radius 2 is 1.46 bits per heavy atom. The molecule has 0 unspecified atom stereocenters. The van der Waals surface area contributed by atoms with Crippen LogP contribution in [0.4, 0.5) is 5.69 Å². The van der Waals surface area contributed by atoms with Gasteiger partial charge in [-0.25, -0.2) is 0 Å². The van der Waals surface area contributed by atoms with Crippen molar-refractivity contribution in [1.29, 1.82) is 0 Å². The van der Waals surface area contributed by atoms with Crippen molar-refractivity contribution in [3.63, 3.8) is 0 Å². The molecular formula is C20H22N2O4. The van der Waals surface area contributed by atoms with Gasteiger partial charge in [-0.05, 0) is 24.1 Å². The number of carbonyl (C=O) groups is 3. The van der Waals surface area contributed by atoms with E-state index in [9.17, 15) is 14.4 Å². The number of carboxylic acids is 1. The van der Waals surface area contributed by atoms with E-state index in [1.54, 1.807) is 30.3 Å². The van der Waals surface area contributed by atoms with Crippen molar-refractivity contribution in [2.75, 3.05) is 24.5 Å². The second kappa shape index (κ2) is 9.36. The number of hydrogen-bond acceptors (Lipinski definition) is 3. The maximum absolute atomic E-state index is 12.7. The van der Waals surface area contributed by atoms with Crippen LogP contribution in [0.1, 0.15) is 12.5 Å². The summed E-state index contributed by atoms with van der Waals surface area (Å²) in [5.74, 6) is -1.76. The summed E-state index contributed by atoms with van der Waals surface area (Å²) in [6.07, 6.45) is 0.623. The highest BCUT2D eigenvalue weighted by Crippen LogP contribution is 2.14. The van der Waals surface area contributed by atoms with E-state index in [-0.39, 0.29) is 12.5 Å². The second-order valence-corrected chi connectivity index (χ2v) is 5.89. The van der Waals surface area contributed by atoms with Crippen molar-refractivity contribution in [3.05, 3.63) is 66.2 Å². The van der Waals surface area contributed by atoms with Crippen LogP contribution < -0.4 is 4.90 Å². The van der Waals surface area contributed by atoms with Gasteiger partial charge in [0, 0.05) is 19.2 Å². The molecule has 0 heterocycles. The normalized spacial score (nSPS) is 10.2. The molecule has 6 nitrogen and oxygen atoms in total. The predicted molar refractivity (Wildman–Crippen MR) is 98.8 cm³/mol. The van der Waals surface area contributed by atoms with Crippen LogP contribution in [0.25, 0.3) is 0 Å².